The first kappa shape index (κ1) is 21.5. The smallest absolute Gasteiger partial charge is 0.337 e. The number of methoxy groups -OCH3 is 1. The predicted molar refractivity (Wildman–Crippen MR) is 105 cm³/mol. The fourth-order valence-electron chi connectivity index (χ4n) is 3.66. The molecule has 0 radical (unpaired) electrons. The number of fused-ring (bicyclic) bond motifs is 1. The van der Waals surface area contributed by atoms with Gasteiger partial charge in [0.15, 0.2) is 12.2 Å². The van der Waals surface area contributed by atoms with Crippen LogP contribution in [0.3, 0.4) is 0 Å². The first-order valence-electron chi connectivity index (χ1n) is 9.41. The molecule has 1 aliphatic rings. The number of carbonyl (C=O) groups is 2. The largest absolute Gasteiger partial charge is 1.00 e. The Morgan fingerprint density at radius 1 is 1.13 bits per heavy atom. The highest BCUT2D eigenvalue weighted by Crippen LogP contribution is 2.25. The van der Waals surface area contributed by atoms with E-state index in [4.69, 9.17) is 0 Å². The average Bonchev–Trinajstić information content (AvgIpc) is 3.33. The topological polar surface area (TPSA) is 64.2 Å². The molecule has 2 aromatic carbocycles. The second-order valence-corrected chi connectivity index (χ2v) is 6.94. The van der Waals surface area contributed by atoms with E-state index in [1.165, 1.54) is 19.2 Å². The van der Waals surface area contributed by atoms with E-state index < -0.39 is 5.97 Å². The van der Waals surface area contributed by atoms with Crippen LogP contribution in [0.1, 0.15) is 22.6 Å². The molecule has 0 unspecified atom stereocenters. The van der Waals surface area contributed by atoms with Crippen molar-refractivity contribution >= 4 is 17.6 Å². The summed E-state index contributed by atoms with van der Waals surface area (Å²) < 4.78 is 22.1. The summed E-state index contributed by atoms with van der Waals surface area (Å²) in [4.78, 5) is 24.1. The number of nitrogens with zero attached hydrogens (tertiary/aromatic N) is 2. The van der Waals surface area contributed by atoms with Gasteiger partial charge in [0.1, 0.15) is 12.0 Å². The molecule has 4 rings (SSSR count). The second-order valence-electron chi connectivity index (χ2n) is 6.94. The van der Waals surface area contributed by atoms with E-state index in [-0.39, 0.29) is 30.7 Å². The molecule has 1 aliphatic heterocycles. The maximum atomic E-state index is 13.3. The van der Waals surface area contributed by atoms with E-state index in [0.29, 0.717) is 11.3 Å². The zero-order chi connectivity index (χ0) is 20.4. The van der Waals surface area contributed by atoms with Crippen LogP contribution < -0.4 is 22.3 Å². The third kappa shape index (κ3) is 4.36. The molecule has 0 aliphatic carbocycles. The molecule has 0 spiro atoms. The number of benzene rings is 2. The summed E-state index contributed by atoms with van der Waals surface area (Å²) in [5.74, 6) is 0.232. The van der Waals surface area contributed by atoms with Gasteiger partial charge in [-0.15, -0.1) is 0 Å². The first-order chi connectivity index (χ1) is 14.0. The Hall–Kier alpha value is -3.19. The van der Waals surface area contributed by atoms with Crippen molar-refractivity contribution in [3.05, 3.63) is 71.9 Å². The quantitative estimate of drug-likeness (QED) is 0.457. The minimum atomic E-state index is -0.420. The van der Waals surface area contributed by atoms with Gasteiger partial charge in [-0.3, -0.25) is 4.79 Å². The summed E-state index contributed by atoms with van der Waals surface area (Å²) in [7, 11) is 1.33. The highest BCUT2D eigenvalue weighted by Gasteiger charge is 2.29. The summed E-state index contributed by atoms with van der Waals surface area (Å²) in [6, 6.07) is 13.0. The van der Waals surface area contributed by atoms with E-state index in [9.17, 15) is 14.0 Å². The van der Waals surface area contributed by atoms with Crippen LogP contribution in [0.15, 0.2) is 54.7 Å². The Labute approximate surface area is 179 Å². The summed E-state index contributed by atoms with van der Waals surface area (Å²) in [6.45, 7) is 1.06. The molecule has 30 heavy (non-hydrogen) atoms. The van der Waals surface area contributed by atoms with Gasteiger partial charge in [-0.05, 0) is 55.0 Å². The molecule has 6 nitrogen and oxygen atoms in total. The molecule has 1 aromatic heterocycles. The maximum absolute atomic E-state index is 13.3. The normalized spacial score (nSPS) is 12.1. The van der Waals surface area contributed by atoms with Crippen LogP contribution >= 0.6 is 0 Å². The van der Waals surface area contributed by atoms with Crippen molar-refractivity contribution in [1.82, 2.24) is 4.57 Å². The van der Waals surface area contributed by atoms with Gasteiger partial charge >= 0.3 is 5.97 Å². The van der Waals surface area contributed by atoms with Gasteiger partial charge in [-0.2, -0.15) is 0 Å². The summed E-state index contributed by atoms with van der Waals surface area (Å²) in [5, 5.41) is 2.85. The van der Waals surface area contributed by atoms with Gasteiger partial charge in [-0.25, -0.2) is 18.3 Å². The number of ether oxygens (including phenoxy) is 1. The van der Waals surface area contributed by atoms with Crippen LogP contribution in [0, 0.1) is 5.82 Å². The Morgan fingerprint density at radius 3 is 2.50 bits per heavy atom. The highest BCUT2D eigenvalue weighted by molar-refractivity contribution is 5.92. The molecule has 8 heteroatoms. The number of nitrogens with one attached hydrogen (secondary N) is 1. The van der Waals surface area contributed by atoms with Crippen LogP contribution in [-0.2, 0) is 29.0 Å². The van der Waals surface area contributed by atoms with Crippen molar-refractivity contribution < 1.29 is 35.7 Å². The maximum Gasteiger partial charge on any atom is 0.337 e. The molecule has 0 fully saturated rings. The highest BCUT2D eigenvalue weighted by atomic mass is 35.5. The van der Waals surface area contributed by atoms with Crippen LogP contribution in [0.5, 0.6) is 0 Å². The van der Waals surface area contributed by atoms with Gasteiger partial charge in [0.05, 0.1) is 25.6 Å². The number of amides is 1. The fourth-order valence-corrected chi connectivity index (χ4v) is 3.66. The molecule has 156 valence electrons. The lowest BCUT2D eigenvalue weighted by molar-refractivity contribution is -0.690. The van der Waals surface area contributed by atoms with E-state index >= 15 is 0 Å². The molecule has 0 saturated heterocycles. The van der Waals surface area contributed by atoms with Gasteiger partial charge in [0, 0.05) is 11.3 Å². The molecule has 2 heterocycles. The Morgan fingerprint density at radius 2 is 1.83 bits per heavy atom. The number of imidazole rings is 1. The van der Waals surface area contributed by atoms with E-state index in [2.05, 4.69) is 14.6 Å². The predicted octanol–water partition coefficient (Wildman–Crippen LogP) is -0.0428. The first-order valence-corrected chi connectivity index (χ1v) is 9.41. The molecular weight excluding hydrogens is 409 g/mol. The third-order valence-electron chi connectivity index (χ3n) is 5.04. The van der Waals surface area contributed by atoms with Crippen LogP contribution in [-0.4, -0.2) is 23.6 Å². The number of hydrogen-bond acceptors (Lipinski definition) is 3. The van der Waals surface area contributed by atoms with E-state index in [1.807, 2.05) is 10.8 Å². The summed E-state index contributed by atoms with van der Waals surface area (Å²) >= 11 is 0. The minimum absolute atomic E-state index is 0. The number of carbonyl (C=O) groups excluding carboxylic acids is 2. The van der Waals surface area contributed by atoms with Crippen molar-refractivity contribution in [3.63, 3.8) is 0 Å². The second kappa shape index (κ2) is 9.09. The lowest BCUT2D eigenvalue weighted by Crippen LogP contribution is -3.00. The van der Waals surface area contributed by atoms with Crippen molar-refractivity contribution in [3.8, 4) is 11.3 Å². The molecule has 0 atom stereocenters. The molecule has 3 aromatic rings. The van der Waals surface area contributed by atoms with Gasteiger partial charge in [0.25, 0.3) is 11.7 Å². The van der Waals surface area contributed by atoms with E-state index in [0.717, 1.165) is 36.5 Å². The Balaban J connectivity index is 0.00000256. The zero-order valence-electron chi connectivity index (χ0n) is 16.4. The lowest BCUT2D eigenvalue weighted by atomic mass is 10.1. The third-order valence-corrected chi connectivity index (χ3v) is 5.04. The summed E-state index contributed by atoms with van der Waals surface area (Å²) in [5.41, 5.74) is 2.94. The number of halogens is 2. The molecule has 0 bridgehead atoms. The minimum Gasteiger partial charge on any atom is -1.00 e. The van der Waals surface area contributed by atoms with Gasteiger partial charge < -0.3 is 22.5 Å². The van der Waals surface area contributed by atoms with Crippen LogP contribution in [0.25, 0.3) is 11.3 Å². The Bertz CT molecular complexity index is 1060. The van der Waals surface area contributed by atoms with Crippen LogP contribution in [0.4, 0.5) is 10.1 Å². The average molecular weight is 430 g/mol. The number of anilines is 1. The van der Waals surface area contributed by atoms with Crippen molar-refractivity contribution in [2.45, 2.75) is 25.9 Å². The van der Waals surface area contributed by atoms with Crippen LogP contribution in [0.2, 0.25) is 0 Å². The molecule has 0 saturated carbocycles. The standard InChI is InChI=1S/C22H20FN3O3.ClH/c1-29-22(28)16-6-10-18(11-7-16)24-20(27)14-25-13-19(26-12-2-3-21(25)26)15-4-8-17(23)9-5-15;/h4-11,13H,2-3,12,14H2,1H3;1H. The molecule has 1 amide bonds. The Kier molecular flexibility index (Phi) is 6.52. The number of rotatable bonds is 5. The molecule has 1 N–H and O–H groups in total. The monoisotopic (exact) mass is 429 g/mol. The number of hydrogen-bond donors (Lipinski definition) is 1. The lowest BCUT2D eigenvalue weighted by Gasteiger charge is -2.05. The SMILES string of the molecule is COC(=O)c1ccc(NC(=O)C[n+]2cc(-c3ccc(F)cc3)n3c2CCC3)cc1.[Cl-]. The van der Waals surface area contributed by atoms with Gasteiger partial charge in [0.2, 0.25) is 0 Å². The fraction of sp³-hybridized carbons (Fsp3) is 0.227. The zero-order valence-corrected chi connectivity index (χ0v) is 17.2. The van der Waals surface area contributed by atoms with Crippen molar-refractivity contribution in [2.75, 3.05) is 12.4 Å². The van der Waals surface area contributed by atoms with Gasteiger partial charge in [-0.1, -0.05) is 0 Å². The summed E-state index contributed by atoms with van der Waals surface area (Å²) in [6.07, 6.45) is 3.85. The number of esters is 1. The molecular formula is C22H21ClFN3O3. The van der Waals surface area contributed by atoms with Crippen molar-refractivity contribution in [2.24, 2.45) is 0 Å². The van der Waals surface area contributed by atoms with E-state index in [1.54, 1.807) is 36.4 Å². The number of aromatic nitrogens is 2. The van der Waals surface area contributed by atoms with Crippen molar-refractivity contribution in [1.29, 1.82) is 0 Å².